The molecule has 6 heteroatoms. The number of anilines is 1. The number of halogens is 2. The molecule has 0 saturated heterocycles. The first kappa shape index (κ1) is 14.6. The highest BCUT2D eigenvalue weighted by Gasteiger charge is 2.15. The molecule has 1 atom stereocenters. The summed E-state index contributed by atoms with van der Waals surface area (Å²) in [5, 5.41) is 3.69. The van der Waals surface area contributed by atoms with Crippen LogP contribution >= 0.6 is 23.2 Å². The van der Waals surface area contributed by atoms with E-state index in [2.05, 4.69) is 10.3 Å². The van der Waals surface area contributed by atoms with Gasteiger partial charge in [0.25, 0.3) is 5.91 Å². The molecule has 20 heavy (non-hydrogen) atoms. The molecule has 1 aromatic heterocycles. The minimum atomic E-state index is -0.306. The highest BCUT2D eigenvalue weighted by Crippen LogP contribution is 2.19. The third-order valence-electron chi connectivity index (χ3n) is 2.84. The SMILES string of the molecule is CC(NC(=O)c1cc(Cl)ncc1N)c1cccc(Cl)c1. The Morgan fingerprint density at radius 2 is 2.10 bits per heavy atom. The summed E-state index contributed by atoms with van der Waals surface area (Å²) in [5.74, 6) is -0.306. The van der Waals surface area contributed by atoms with Crippen molar-refractivity contribution in [3.63, 3.8) is 0 Å². The number of carbonyl (C=O) groups excluding carboxylic acids is 1. The van der Waals surface area contributed by atoms with Crippen molar-refractivity contribution < 1.29 is 4.79 Å². The quantitative estimate of drug-likeness (QED) is 0.853. The molecule has 2 aromatic rings. The topological polar surface area (TPSA) is 68.0 Å². The van der Waals surface area contributed by atoms with Gasteiger partial charge in [-0.1, -0.05) is 35.3 Å². The van der Waals surface area contributed by atoms with Gasteiger partial charge in [-0.05, 0) is 30.7 Å². The number of rotatable bonds is 3. The van der Waals surface area contributed by atoms with Crippen LogP contribution < -0.4 is 11.1 Å². The number of carbonyl (C=O) groups is 1. The van der Waals surface area contributed by atoms with Crippen LogP contribution in [0.3, 0.4) is 0 Å². The highest BCUT2D eigenvalue weighted by molar-refractivity contribution is 6.30. The molecule has 0 saturated carbocycles. The Bertz CT molecular complexity index is 646. The molecule has 0 aliphatic carbocycles. The van der Waals surface area contributed by atoms with E-state index >= 15 is 0 Å². The molecule has 0 fully saturated rings. The molecule has 2 rings (SSSR count). The van der Waals surface area contributed by atoms with Crippen molar-refractivity contribution in [1.82, 2.24) is 10.3 Å². The maximum absolute atomic E-state index is 12.2. The van der Waals surface area contributed by atoms with Gasteiger partial charge >= 0.3 is 0 Å². The van der Waals surface area contributed by atoms with Crippen LogP contribution in [-0.2, 0) is 0 Å². The van der Waals surface area contributed by atoms with Crippen LogP contribution in [0.15, 0.2) is 36.5 Å². The van der Waals surface area contributed by atoms with Crippen molar-refractivity contribution in [2.75, 3.05) is 5.73 Å². The average molecular weight is 310 g/mol. The van der Waals surface area contributed by atoms with Gasteiger partial charge in [-0.2, -0.15) is 0 Å². The second kappa shape index (κ2) is 6.11. The lowest BCUT2D eigenvalue weighted by Gasteiger charge is -2.15. The Hall–Kier alpha value is -1.78. The number of aromatic nitrogens is 1. The smallest absolute Gasteiger partial charge is 0.254 e. The number of nitrogen functional groups attached to an aromatic ring is 1. The van der Waals surface area contributed by atoms with Gasteiger partial charge in [-0.25, -0.2) is 4.98 Å². The standard InChI is InChI=1S/C14H13Cl2N3O/c1-8(9-3-2-4-10(15)5-9)19-14(20)11-6-13(16)18-7-12(11)17/h2-8H,17H2,1H3,(H,19,20). The summed E-state index contributed by atoms with van der Waals surface area (Å²) in [4.78, 5) is 16.0. The monoisotopic (exact) mass is 309 g/mol. The highest BCUT2D eigenvalue weighted by atomic mass is 35.5. The van der Waals surface area contributed by atoms with Gasteiger partial charge in [0.05, 0.1) is 23.5 Å². The number of amides is 1. The van der Waals surface area contributed by atoms with E-state index in [9.17, 15) is 4.79 Å². The number of nitrogens with one attached hydrogen (secondary N) is 1. The zero-order valence-electron chi connectivity index (χ0n) is 10.7. The van der Waals surface area contributed by atoms with Crippen LogP contribution in [0.25, 0.3) is 0 Å². The Morgan fingerprint density at radius 3 is 2.80 bits per heavy atom. The normalized spacial score (nSPS) is 11.9. The molecule has 104 valence electrons. The second-order valence-electron chi connectivity index (χ2n) is 4.34. The largest absolute Gasteiger partial charge is 0.397 e. The Morgan fingerprint density at radius 1 is 1.35 bits per heavy atom. The fourth-order valence-corrected chi connectivity index (χ4v) is 2.13. The predicted molar refractivity (Wildman–Crippen MR) is 81.0 cm³/mol. The van der Waals surface area contributed by atoms with Crippen molar-refractivity contribution >= 4 is 34.8 Å². The van der Waals surface area contributed by atoms with E-state index in [1.54, 1.807) is 12.1 Å². The average Bonchev–Trinajstić information content (AvgIpc) is 2.41. The maximum atomic E-state index is 12.2. The van der Waals surface area contributed by atoms with E-state index in [-0.39, 0.29) is 22.8 Å². The summed E-state index contributed by atoms with van der Waals surface area (Å²) < 4.78 is 0. The third-order valence-corrected chi connectivity index (χ3v) is 3.28. The molecule has 1 amide bonds. The van der Waals surface area contributed by atoms with Gasteiger partial charge in [-0.3, -0.25) is 4.79 Å². The molecule has 1 unspecified atom stereocenters. The van der Waals surface area contributed by atoms with Crippen molar-refractivity contribution in [3.8, 4) is 0 Å². The zero-order chi connectivity index (χ0) is 14.7. The van der Waals surface area contributed by atoms with Gasteiger partial charge < -0.3 is 11.1 Å². The minimum Gasteiger partial charge on any atom is -0.397 e. The number of nitrogens with two attached hydrogens (primary N) is 1. The first-order valence-electron chi connectivity index (χ1n) is 5.94. The molecule has 4 nitrogen and oxygen atoms in total. The summed E-state index contributed by atoms with van der Waals surface area (Å²) >= 11 is 11.7. The first-order chi connectivity index (χ1) is 9.47. The molecule has 0 bridgehead atoms. The van der Waals surface area contributed by atoms with Crippen molar-refractivity contribution in [3.05, 3.63) is 57.8 Å². The molecule has 0 aliphatic rings. The zero-order valence-corrected chi connectivity index (χ0v) is 12.2. The molecule has 1 heterocycles. The van der Waals surface area contributed by atoms with E-state index in [4.69, 9.17) is 28.9 Å². The van der Waals surface area contributed by atoms with Crippen LogP contribution in [0.1, 0.15) is 28.9 Å². The number of hydrogen-bond donors (Lipinski definition) is 2. The van der Waals surface area contributed by atoms with Gasteiger partial charge in [0, 0.05) is 5.02 Å². The van der Waals surface area contributed by atoms with Crippen molar-refractivity contribution in [2.45, 2.75) is 13.0 Å². The van der Waals surface area contributed by atoms with Crippen molar-refractivity contribution in [2.24, 2.45) is 0 Å². The number of hydrogen-bond acceptors (Lipinski definition) is 3. The summed E-state index contributed by atoms with van der Waals surface area (Å²) in [7, 11) is 0. The maximum Gasteiger partial charge on any atom is 0.254 e. The van der Waals surface area contributed by atoms with Crippen LogP contribution in [0.5, 0.6) is 0 Å². The summed E-state index contributed by atoms with van der Waals surface area (Å²) in [6.07, 6.45) is 1.36. The van der Waals surface area contributed by atoms with Crippen LogP contribution in [0, 0.1) is 0 Å². The van der Waals surface area contributed by atoms with Gasteiger partial charge in [-0.15, -0.1) is 0 Å². The third kappa shape index (κ3) is 3.40. The van der Waals surface area contributed by atoms with E-state index in [1.165, 1.54) is 12.3 Å². The Labute approximate surface area is 126 Å². The molecular formula is C14H13Cl2N3O. The lowest BCUT2D eigenvalue weighted by atomic mass is 10.1. The number of pyridine rings is 1. The summed E-state index contributed by atoms with van der Waals surface area (Å²) in [6, 6.07) is 8.54. The molecule has 1 aromatic carbocycles. The number of benzene rings is 1. The van der Waals surface area contributed by atoms with Crippen molar-refractivity contribution in [1.29, 1.82) is 0 Å². The summed E-state index contributed by atoms with van der Waals surface area (Å²) in [5.41, 5.74) is 7.22. The predicted octanol–water partition coefficient (Wildman–Crippen LogP) is 3.46. The van der Waals surface area contributed by atoms with Gasteiger partial charge in [0.1, 0.15) is 5.15 Å². The van der Waals surface area contributed by atoms with Crippen LogP contribution in [0.2, 0.25) is 10.2 Å². The van der Waals surface area contributed by atoms with Crippen LogP contribution in [0.4, 0.5) is 5.69 Å². The molecule has 3 N–H and O–H groups in total. The Balaban J connectivity index is 2.17. The molecule has 0 spiro atoms. The lowest BCUT2D eigenvalue weighted by molar-refractivity contribution is 0.0940. The van der Waals surface area contributed by atoms with E-state index < -0.39 is 0 Å². The Kier molecular flexibility index (Phi) is 4.47. The number of nitrogens with zero attached hydrogens (tertiary/aromatic N) is 1. The van der Waals surface area contributed by atoms with Gasteiger partial charge in [0.15, 0.2) is 0 Å². The van der Waals surface area contributed by atoms with E-state index in [1.807, 2.05) is 19.1 Å². The fourth-order valence-electron chi connectivity index (χ4n) is 1.77. The second-order valence-corrected chi connectivity index (χ2v) is 5.17. The van der Waals surface area contributed by atoms with Gasteiger partial charge in [0.2, 0.25) is 0 Å². The minimum absolute atomic E-state index is 0.201. The van der Waals surface area contributed by atoms with Crippen LogP contribution in [-0.4, -0.2) is 10.9 Å². The lowest BCUT2D eigenvalue weighted by Crippen LogP contribution is -2.27. The van der Waals surface area contributed by atoms with E-state index in [0.717, 1.165) is 5.56 Å². The fraction of sp³-hybridized carbons (Fsp3) is 0.143. The first-order valence-corrected chi connectivity index (χ1v) is 6.70. The molecule has 0 radical (unpaired) electrons. The summed E-state index contributed by atoms with van der Waals surface area (Å²) in [6.45, 7) is 1.86. The molecule has 0 aliphatic heterocycles. The molecular weight excluding hydrogens is 297 g/mol. The van der Waals surface area contributed by atoms with E-state index in [0.29, 0.717) is 10.6 Å².